The highest BCUT2D eigenvalue weighted by Gasteiger charge is 2.23. The number of hydrogen-bond acceptors (Lipinski definition) is 3. The fourth-order valence-electron chi connectivity index (χ4n) is 2.88. The van der Waals surface area contributed by atoms with E-state index in [4.69, 9.17) is 16.3 Å². The zero-order chi connectivity index (χ0) is 13.4. The molecule has 0 bridgehead atoms. The molecule has 0 aromatic carbocycles. The lowest BCUT2D eigenvalue weighted by atomic mass is 10.2. The number of methoxy groups -OCH3 is 1. The van der Waals surface area contributed by atoms with Gasteiger partial charge in [-0.25, -0.2) is 9.78 Å². The van der Waals surface area contributed by atoms with Crippen molar-refractivity contribution in [2.45, 2.75) is 31.7 Å². The molecular weight excluding hydrogens is 264 g/mol. The molecule has 1 saturated carbocycles. The van der Waals surface area contributed by atoms with Gasteiger partial charge in [-0.2, -0.15) is 0 Å². The predicted octanol–water partition coefficient (Wildman–Crippen LogP) is 3.59. The van der Waals surface area contributed by atoms with E-state index in [1.807, 2.05) is 12.3 Å². The van der Waals surface area contributed by atoms with Crippen LogP contribution in [0.1, 0.15) is 42.1 Å². The number of fused-ring (bicyclic) bond motifs is 1. The minimum atomic E-state index is -0.328. The lowest BCUT2D eigenvalue weighted by molar-refractivity contribution is 0.0602. The maximum Gasteiger partial charge on any atom is 0.340 e. The molecular formula is C14H15ClN2O2. The Labute approximate surface area is 116 Å². The molecule has 0 amide bonds. The summed E-state index contributed by atoms with van der Waals surface area (Å²) < 4.78 is 6.99. The molecule has 1 fully saturated rings. The number of halogens is 1. The van der Waals surface area contributed by atoms with Crippen LogP contribution in [0, 0.1) is 0 Å². The van der Waals surface area contributed by atoms with Gasteiger partial charge in [0.05, 0.1) is 18.2 Å². The third kappa shape index (κ3) is 2.10. The Morgan fingerprint density at radius 3 is 2.89 bits per heavy atom. The molecule has 2 aromatic heterocycles. The molecule has 0 radical (unpaired) electrons. The minimum Gasteiger partial charge on any atom is -0.465 e. The number of esters is 1. The third-order valence-electron chi connectivity index (χ3n) is 3.81. The molecule has 19 heavy (non-hydrogen) atoms. The van der Waals surface area contributed by atoms with Gasteiger partial charge in [0.25, 0.3) is 0 Å². The highest BCUT2D eigenvalue weighted by molar-refractivity contribution is 6.30. The highest BCUT2D eigenvalue weighted by atomic mass is 35.5. The van der Waals surface area contributed by atoms with Crippen LogP contribution in [0.4, 0.5) is 0 Å². The van der Waals surface area contributed by atoms with Crippen molar-refractivity contribution in [3.63, 3.8) is 0 Å². The van der Waals surface area contributed by atoms with Crippen molar-refractivity contribution >= 4 is 28.5 Å². The van der Waals surface area contributed by atoms with Crippen molar-refractivity contribution in [3.05, 3.63) is 29.2 Å². The molecule has 100 valence electrons. The van der Waals surface area contributed by atoms with Gasteiger partial charge in [0, 0.05) is 23.8 Å². The lowest BCUT2D eigenvalue weighted by Gasteiger charge is -2.13. The third-order valence-corrected chi connectivity index (χ3v) is 4.02. The largest absolute Gasteiger partial charge is 0.465 e. The first-order chi connectivity index (χ1) is 9.20. The Morgan fingerprint density at radius 2 is 2.21 bits per heavy atom. The molecule has 0 unspecified atom stereocenters. The molecule has 1 aliphatic carbocycles. The normalized spacial score (nSPS) is 16.1. The number of ether oxygens (including phenoxy) is 1. The maximum absolute atomic E-state index is 11.8. The van der Waals surface area contributed by atoms with Crippen LogP contribution in [0.3, 0.4) is 0 Å². The number of carbonyl (C=O) groups excluding carboxylic acids is 1. The minimum absolute atomic E-state index is 0.328. The summed E-state index contributed by atoms with van der Waals surface area (Å²) in [7, 11) is 1.39. The number of hydrogen-bond donors (Lipinski definition) is 0. The smallest absolute Gasteiger partial charge is 0.340 e. The molecule has 2 heterocycles. The van der Waals surface area contributed by atoms with Crippen LogP contribution in [0.5, 0.6) is 0 Å². The summed E-state index contributed by atoms with van der Waals surface area (Å²) in [6.45, 7) is 0. The average molecular weight is 279 g/mol. The van der Waals surface area contributed by atoms with Gasteiger partial charge in [-0.15, -0.1) is 0 Å². The molecule has 2 aromatic rings. The first-order valence-corrected chi connectivity index (χ1v) is 6.83. The second kappa shape index (κ2) is 4.85. The summed E-state index contributed by atoms with van der Waals surface area (Å²) >= 11 is 5.98. The van der Waals surface area contributed by atoms with Gasteiger partial charge in [-0.1, -0.05) is 24.4 Å². The van der Waals surface area contributed by atoms with E-state index < -0.39 is 0 Å². The van der Waals surface area contributed by atoms with E-state index in [-0.39, 0.29) is 5.97 Å². The van der Waals surface area contributed by atoms with Crippen molar-refractivity contribution in [1.82, 2.24) is 9.55 Å². The summed E-state index contributed by atoms with van der Waals surface area (Å²) in [5.74, 6) is -0.328. The van der Waals surface area contributed by atoms with E-state index in [9.17, 15) is 4.79 Å². The summed E-state index contributed by atoms with van der Waals surface area (Å²) in [4.78, 5) is 15.9. The van der Waals surface area contributed by atoms with Crippen LogP contribution < -0.4 is 0 Å². The number of rotatable bonds is 2. The number of carbonyl (C=O) groups is 1. The standard InChI is InChI=1S/C14H15ClN2O2/c1-19-14(18)11-8-17(9-4-2-3-5-9)12-6-13(15)16-7-10(11)12/h6-9H,2-5H2,1H3. The SMILES string of the molecule is COC(=O)c1cn(C2CCCC2)c2cc(Cl)ncc12. The summed E-state index contributed by atoms with van der Waals surface area (Å²) in [6.07, 6.45) is 8.28. The van der Waals surface area contributed by atoms with E-state index in [2.05, 4.69) is 9.55 Å². The lowest BCUT2D eigenvalue weighted by Crippen LogP contribution is -2.03. The van der Waals surface area contributed by atoms with Gasteiger partial charge < -0.3 is 9.30 Å². The molecule has 0 N–H and O–H groups in total. The molecule has 3 rings (SSSR count). The van der Waals surface area contributed by atoms with Gasteiger partial charge in [0.2, 0.25) is 0 Å². The van der Waals surface area contributed by atoms with E-state index >= 15 is 0 Å². The van der Waals surface area contributed by atoms with E-state index in [0.29, 0.717) is 16.8 Å². The zero-order valence-corrected chi connectivity index (χ0v) is 11.5. The number of aromatic nitrogens is 2. The van der Waals surface area contributed by atoms with Gasteiger partial charge in [-0.3, -0.25) is 0 Å². The van der Waals surface area contributed by atoms with E-state index in [1.165, 1.54) is 20.0 Å². The Morgan fingerprint density at radius 1 is 1.47 bits per heavy atom. The van der Waals surface area contributed by atoms with Crippen molar-refractivity contribution < 1.29 is 9.53 Å². The fraction of sp³-hybridized carbons (Fsp3) is 0.429. The van der Waals surface area contributed by atoms with E-state index in [1.54, 1.807) is 6.20 Å². The molecule has 5 heteroatoms. The average Bonchev–Trinajstić information content (AvgIpc) is 3.03. The number of pyridine rings is 1. The summed E-state index contributed by atoms with van der Waals surface area (Å²) in [6, 6.07) is 2.26. The first kappa shape index (κ1) is 12.5. The van der Waals surface area contributed by atoms with Crippen molar-refractivity contribution in [3.8, 4) is 0 Å². The quantitative estimate of drug-likeness (QED) is 0.623. The molecule has 0 spiro atoms. The van der Waals surface area contributed by atoms with Crippen LogP contribution in [-0.2, 0) is 4.74 Å². The van der Waals surface area contributed by atoms with Crippen molar-refractivity contribution in [2.24, 2.45) is 0 Å². The van der Waals surface area contributed by atoms with Crippen molar-refractivity contribution in [1.29, 1.82) is 0 Å². The van der Waals surface area contributed by atoms with Crippen LogP contribution in [0.25, 0.3) is 10.9 Å². The van der Waals surface area contributed by atoms with Gasteiger partial charge >= 0.3 is 5.97 Å². The molecule has 4 nitrogen and oxygen atoms in total. The predicted molar refractivity (Wildman–Crippen MR) is 73.6 cm³/mol. The van der Waals surface area contributed by atoms with Crippen molar-refractivity contribution in [2.75, 3.05) is 7.11 Å². The second-order valence-electron chi connectivity index (χ2n) is 4.90. The Kier molecular flexibility index (Phi) is 3.19. The van der Waals surface area contributed by atoms with Crippen LogP contribution in [-0.4, -0.2) is 22.6 Å². The van der Waals surface area contributed by atoms with Crippen LogP contribution in [0.2, 0.25) is 5.15 Å². The number of nitrogens with zero attached hydrogens (tertiary/aromatic N) is 2. The summed E-state index contributed by atoms with van der Waals surface area (Å²) in [5.41, 5.74) is 1.53. The van der Waals surface area contributed by atoms with Gasteiger partial charge in [-0.05, 0) is 18.9 Å². The molecule has 0 saturated heterocycles. The fourth-order valence-corrected chi connectivity index (χ4v) is 3.03. The zero-order valence-electron chi connectivity index (χ0n) is 10.7. The van der Waals surface area contributed by atoms with Gasteiger partial charge in [0.1, 0.15) is 5.15 Å². The second-order valence-corrected chi connectivity index (χ2v) is 5.29. The van der Waals surface area contributed by atoms with Crippen LogP contribution >= 0.6 is 11.6 Å². The molecule has 0 atom stereocenters. The maximum atomic E-state index is 11.8. The molecule has 1 aliphatic rings. The highest BCUT2D eigenvalue weighted by Crippen LogP contribution is 2.34. The van der Waals surface area contributed by atoms with Crippen LogP contribution in [0.15, 0.2) is 18.5 Å². The summed E-state index contributed by atoms with van der Waals surface area (Å²) in [5, 5.41) is 1.25. The first-order valence-electron chi connectivity index (χ1n) is 6.45. The monoisotopic (exact) mass is 278 g/mol. The molecule has 0 aliphatic heterocycles. The topological polar surface area (TPSA) is 44.1 Å². The Bertz CT molecular complexity index is 630. The van der Waals surface area contributed by atoms with Gasteiger partial charge in [0.15, 0.2) is 0 Å². The Hall–Kier alpha value is -1.55. The van der Waals surface area contributed by atoms with E-state index in [0.717, 1.165) is 23.7 Å². The Balaban J connectivity index is 2.20.